The molecule has 0 saturated carbocycles. The van der Waals surface area contributed by atoms with E-state index in [1.807, 2.05) is 0 Å². The Morgan fingerprint density at radius 3 is 2.57 bits per heavy atom. The van der Waals surface area contributed by atoms with Crippen molar-refractivity contribution < 1.29 is 22.0 Å². The van der Waals surface area contributed by atoms with Crippen molar-refractivity contribution >= 4 is 27.3 Å². The summed E-state index contributed by atoms with van der Waals surface area (Å²) in [5.41, 5.74) is 1.01. The molecule has 0 saturated heterocycles. The molecule has 2 heterocycles. The van der Waals surface area contributed by atoms with Crippen LogP contribution in [0.15, 0.2) is 71.9 Å². The second-order valence-electron chi connectivity index (χ2n) is 6.79. The van der Waals surface area contributed by atoms with Gasteiger partial charge in [-0.05, 0) is 42.7 Å². The van der Waals surface area contributed by atoms with Crippen LogP contribution < -0.4 is 9.62 Å². The number of carbonyl (C=O) groups excluding carboxylic acids is 1. The molecular weight excluding hydrogens is 412 g/mol. The van der Waals surface area contributed by atoms with E-state index < -0.39 is 33.6 Å². The van der Waals surface area contributed by atoms with Crippen LogP contribution in [0.5, 0.6) is 0 Å². The summed E-state index contributed by atoms with van der Waals surface area (Å²) in [6, 6.07) is 12.1. The van der Waals surface area contributed by atoms with Crippen LogP contribution in [0.2, 0.25) is 0 Å². The molecule has 1 aliphatic rings. The summed E-state index contributed by atoms with van der Waals surface area (Å²) in [5, 5.41) is 2.47. The van der Waals surface area contributed by atoms with Crippen molar-refractivity contribution in [2.75, 3.05) is 9.62 Å². The van der Waals surface area contributed by atoms with E-state index in [1.54, 1.807) is 30.3 Å². The predicted molar refractivity (Wildman–Crippen MR) is 107 cm³/mol. The minimum atomic E-state index is -4.32. The monoisotopic (exact) mass is 429 g/mol. The molecule has 0 fully saturated rings. The fraction of sp³-hybridized carbons (Fsp3) is 0.143. The zero-order chi connectivity index (χ0) is 21.3. The third kappa shape index (κ3) is 3.63. The number of nitrogens with one attached hydrogen (secondary N) is 1. The standard InChI is InChI=1S/C21H17F2N3O3S/c22-15-11-16(13-24-12-15)30(28,29)26-19-8-4-1-5-14(19)9-10-20(26)21(27)25-18-7-3-2-6-17(18)23/h1-8,11-13,20H,9-10H2,(H,25,27). The Kier molecular flexibility index (Phi) is 5.21. The molecule has 1 unspecified atom stereocenters. The topological polar surface area (TPSA) is 79.4 Å². The summed E-state index contributed by atoms with van der Waals surface area (Å²) in [6.07, 6.45) is 2.56. The van der Waals surface area contributed by atoms with Crippen molar-refractivity contribution in [3.05, 3.63) is 84.2 Å². The van der Waals surface area contributed by atoms with Crippen LogP contribution in [0.3, 0.4) is 0 Å². The van der Waals surface area contributed by atoms with E-state index in [0.29, 0.717) is 12.1 Å². The van der Waals surface area contributed by atoms with Crippen LogP contribution >= 0.6 is 0 Å². The van der Waals surface area contributed by atoms with Crippen LogP contribution in [0, 0.1) is 11.6 Å². The van der Waals surface area contributed by atoms with Gasteiger partial charge in [0.25, 0.3) is 10.0 Å². The maximum absolute atomic E-state index is 14.0. The summed E-state index contributed by atoms with van der Waals surface area (Å²) < 4.78 is 55.5. The Morgan fingerprint density at radius 2 is 1.80 bits per heavy atom. The molecule has 0 radical (unpaired) electrons. The van der Waals surface area contributed by atoms with Gasteiger partial charge in [0.15, 0.2) is 0 Å². The number of hydrogen-bond acceptors (Lipinski definition) is 4. The zero-order valence-corrected chi connectivity index (χ0v) is 16.4. The maximum atomic E-state index is 14.0. The molecule has 0 spiro atoms. The number of hydrogen-bond donors (Lipinski definition) is 1. The first-order chi connectivity index (χ1) is 14.4. The summed E-state index contributed by atoms with van der Waals surface area (Å²) in [5.74, 6) is -2.12. The summed E-state index contributed by atoms with van der Waals surface area (Å²) in [4.78, 5) is 16.3. The minimum Gasteiger partial charge on any atom is -0.322 e. The number of para-hydroxylation sites is 2. The maximum Gasteiger partial charge on any atom is 0.266 e. The number of amides is 1. The first-order valence-electron chi connectivity index (χ1n) is 9.16. The highest BCUT2D eigenvalue weighted by molar-refractivity contribution is 7.93. The lowest BCUT2D eigenvalue weighted by Gasteiger charge is -2.36. The van der Waals surface area contributed by atoms with Gasteiger partial charge in [-0.2, -0.15) is 0 Å². The number of sulfonamides is 1. The van der Waals surface area contributed by atoms with Crippen molar-refractivity contribution in [1.29, 1.82) is 0 Å². The molecule has 154 valence electrons. The van der Waals surface area contributed by atoms with E-state index in [0.717, 1.165) is 28.3 Å². The number of aryl methyl sites for hydroxylation is 1. The number of halogens is 2. The lowest BCUT2D eigenvalue weighted by Crippen LogP contribution is -2.50. The molecular formula is C21H17F2N3O3S. The SMILES string of the molecule is O=C(Nc1ccccc1F)C1CCc2ccccc2N1S(=O)(=O)c1cncc(F)c1. The van der Waals surface area contributed by atoms with Crippen LogP contribution in [-0.2, 0) is 21.2 Å². The molecule has 6 nitrogen and oxygen atoms in total. The van der Waals surface area contributed by atoms with Crippen LogP contribution in [0.4, 0.5) is 20.2 Å². The van der Waals surface area contributed by atoms with Gasteiger partial charge in [0.05, 0.1) is 17.6 Å². The number of fused-ring (bicyclic) bond motifs is 1. The van der Waals surface area contributed by atoms with Gasteiger partial charge in [-0.15, -0.1) is 0 Å². The zero-order valence-electron chi connectivity index (χ0n) is 15.6. The first-order valence-corrected chi connectivity index (χ1v) is 10.6. The Hall–Kier alpha value is -3.33. The van der Waals surface area contributed by atoms with Gasteiger partial charge in [0, 0.05) is 6.20 Å². The average Bonchev–Trinajstić information content (AvgIpc) is 2.74. The number of nitrogens with zero attached hydrogens (tertiary/aromatic N) is 2. The van der Waals surface area contributed by atoms with Gasteiger partial charge < -0.3 is 5.32 Å². The molecule has 1 aliphatic heterocycles. The van der Waals surface area contributed by atoms with E-state index in [-0.39, 0.29) is 17.0 Å². The Bertz CT molecular complexity index is 1220. The van der Waals surface area contributed by atoms with E-state index in [9.17, 15) is 22.0 Å². The highest BCUT2D eigenvalue weighted by Gasteiger charge is 2.40. The lowest BCUT2D eigenvalue weighted by atomic mass is 9.97. The van der Waals surface area contributed by atoms with Crippen molar-refractivity contribution in [2.45, 2.75) is 23.8 Å². The van der Waals surface area contributed by atoms with Crippen molar-refractivity contribution in [3.8, 4) is 0 Å². The molecule has 30 heavy (non-hydrogen) atoms. The Labute approximate surface area is 172 Å². The molecule has 9 heteroatoms. The van der Waals surface area contributed by atoms with Crippen LogP contribution in [0.1, 0.15) is 12.0 Å². The highest BCUT2D eigenvalue weighted by Crippen LogP contribution is 2.36. The summed E-state index contributed by atoms with van der Waals surface area (Å²) >= 11 is 0. The molecule has 4 rings (SSSR count). The van der Waals surface area contributed by atoms with E-state index >= 15 is 0 Å². The molecule has 1 atom stereocenters. The third-order valence-electron chi connectivity index (χ3n) is 4.87. The van der Waals surface area contributed by atoms with Crippen molar-refractivity contribution in [1.82, 2.24) is 4.98 Å². The molecule has 0 bridgehead atoms. The summed E-state index contributed by atoms with van der Waals surface area (Å²) in [7, 11) is -4.32. The molecule has 1 amide bonds. The van der Waals surface area contributed by atoms with E-state index in [1.165, 1.54) is 18.2 Å². The van der Waals surface area contributed by atoms with Gasteiger partial charge in [-0.1, -0.05) is 30.3 Å². The number of pyridine rings is 1. The molecule has 0 aliphatic carbocycles. The van der Waals surface area contributed by atoms with Crippen LogP contribution in [-0.4, -0.2) is 25.4 Å². The third-order valence-corrected chi connectivity index (χ3v) is 6.66. The largest absolute Gasteiger partial charge is 0.322 e. The second-order valence-corrected chi connectivity index (χ2v) is 8.61. The quantitative estimate of drug-likeness (QED) is 0.688. The Morgan fingerprint density at radius 1 is 1.07 bits per heavy atom. The normalized spacial score (nSPS) is 16.1. The number of benzene rings is 2. The number of aromatic nitrogens is 1. The summed E-state index contributed by atoms with van der Waals surface area (Å²) in [6.45, 7) is 0. The van der Waals surface area contributed by atoms with Gasteiger partial charge in [0.1, 0.15) is 22.6 Å². The number of carbonyl (C=O) groups is 1. The van der Waals surface area contributed by atoms with Gasteiger partial charge in [-0.25, -0.2) is 17.2 Å². The predicted octanol–water partition coefficient (Wildman–Crippen LogP) is 3.51. The fourth-order valence-corrected chi connectivity index (χ4v) is 5.13. The average molecular weight is 429 g/mol. The van der Waals surface area contributed by atoms with E-state index in [2.05, 4.69) is 10.3 Å². The molecule has 1 N–H and O–H groups in total. The Balaban J connectivity index is 1.78. The van der Waals surface area contributed by atoms with E-state index in [4.69, 9.17) is 0 Å². The van der Waals surface area contributed by atoms with Crippen LogP contribution in [0.25, 0.3) is 0 Å². The molecule has 3 aromatic rings. The number of anilines is 2. The molecule has 1 aromatic heterocycles. The lowest BCUT2D eigenvalue weighted by molar-refractivity contribution is -0.117. The number of rotatable bonds is 4. The molecule has 2 aromatic carbocycles. The van der Waals surface area contributed by atoms with Crippen molar-refractivity contribution in [3.63, 3.8) is 0 Å². The first kappa shape index (κ1) is 20.0. The van der Waals surface area contributed by atoms with Crippen molar-refractivity contribution in [2.24, 2.45) is 0 Å². The fourth-order valence-electron chi connectivity index (χ4n) is 3.47. The minimum absolute atomic E-state index is 0.0499. The van der Waals surface area contributed by atoms with Gasteiger partial charge in [-0.3, -0.25) is 14.1 Å². The van der Waals surface area contributed by atoms with Gasteiger partial charge >= 0.3 is 0 Å². The highest BCUT2D eigenvalue weighted by atomic mass is 32.2. The smallest absolute Gasteiger partial charge is 0.266 e. The van der Waals surface area contributed by atoms with Gasteiger partial charge in [0.2, 0.25) is 5.91 Å². The second kappa shape index (κ2) is 7.83.